The van der Waals surface area contributed by atoms with E-state index in [0.29, 0.717) is 5.56 Å². The zero-order chi connectivity index (χ0) is 10.8. The summed E-state index contributed by atoms with van der Waals surface area (Å²) in [4.78, 5) is 15.6. The first-order chi connectivity index (χ1) is 7.26. The van der Waals surface area contributed by atoms with E-state index in [1.54, 1.807) is 19.4 Å². The summed E-state index contributed by atoms with van der Waals surface area (Å²) in [6.45, 7) is 2.95. The molecule has 0 aliphatic carbocycles. The Labute approximate surface area is 87.9 Å². The van der Waals surface area contributed by atoms with Crippen LogP contribution in [0.1, 0.15) is 17.3 Å². The van der Waals surface area contributed by atoms with Gasteiger partial charge in [0.05, 0.1) is 17.4 Å². The zero-order valence-corrected chi connectivity index (χ0v) is 8.82. The number of imidazole rings is 1. The van der Waals surface area contributed by atoms with Crippen LogP contribution in [0.3, 0.4) is 0 Å². The Hall–Kier alpha value is -1.84. The largest absolute Gasteiger partial charge is 0.355 e. The second-order valence-electron chi connectivity index (χ2n) is 3.31. The first-order valence-corrected chi connectivity index (χ1v) is 4.93. The van der Waals surface area contributed by atoms with Gasteiger partial charge in [0.25, 0.3) is 5.91 Å². The highest BCUT2D eigenvalue weighted by Gasteiger charge is 2.06. The average Bonchev–Trinajstić information content (AvgIpc) is 2.69. The summed E-state index contributed by atoms with van der Waals surface area (Å²) in [6, 6.07) is 5.55. The molecule has 78 valence electrons. The van der Waals surface area contributed by atoms with E-state index in [2.05, 4.69) is 17.2 Å². The standard InChI is InChI=1S/C11H13N3O/c1-3-14-7-13-9-6-8(11(15)12-2)4-5-10(9)14/h4-7H,3H2,1-2H3,(H,12,15). The lowest BCUT2D eigenvalue weighted by Crippen LogP contribution is -2.17. The molecule has 1 heterocycles. The molecule has 2 aromatic rings. The van der Waals surface area contributed by atoms with Crippen LogP contribution < -0.4 is 5.32 Å². The van der Waals surface area contributed by atoms with Crippen molar-refractivity contribution >= 4 is 16.9 Å². The molecule has 0 radical (unpaired) electrons. The van der Waals surface area contributed by atoms with Crippen LogP contribution in [0.15, 0.2) is 24.5 Å². The molecular weight excluding hydrogens is 190 g/mol. The lowest BCUT2D eigenvalue weighted by atomic mass is 10.2. The van der Waals surface area contributed by atoms with Crippen LogP contribution >= 0.6 is 0 Å². The Morgan fingerprint density at radius 1 is 1.53 bits per heavy atom. The van der Waals surface area contributed by atoms with E-state index < -0.39 is 0 Å². The van der Waals surface area contributed by atoms with Gasteiger partial charge in [0.1, 0.15) is 0 Å². The average molecular weight is 203 g/mol. The van der Waals surface area contributed by atoms with Gasteiger partial charge < -0.3 is 9.88 Å². The molecule has 0 spiro atoms. The first kappa shape index (κ1) is 9.71. The van der Waals surface area contributed by atoms with Crippen LogP contribution in [0.5, 0.6) is 0 Å². The van der Waals surface area contributed by atoms with E-state index in [0.717, 1.165) is 17.6 Å². The van der Waals surface area contributed by atoms with Gasteiger partial charge >= 0.3 is 0 Å². The van der Waals surface area contributed by atoms with Gasteiger partial charge in [-0.2, -0.15) is 0 Å². The van der Waals surface area contributed by atoms with Crippen molar-refractivity contribution in [1.29, 1.82) is 0 Å². The molecule has 0 saturated heterocycles. The number of nitrogens with zero attached hydrogens (tertiary/aromatic N) is 2. The van der Waals surface area contributed by atoms with E-state index in [1.807, 2.05) is 16.7 Å². The summed E-state index contributed by atoms with van der Waals surface area (Å²) in [7, 11) is 1.62. The summed E-state index contributed by atoms with van der Waals surface area (Å²) >= 11 is 0. The highest BCUT2D eigenvalue weighted by molar-refractivity contribution is 5.97. The Bertz CT molecular complexity index is 502. The van der Waals surface area contributed by atoms with Gasteiger partial charge in [-0.1, -0.05) is 0 Å². The van der Waals surface area contributed by atoms with Gasteiger partial charge in [0, 0.05) is 19.2 Å². The number of carbonyl (C=O) groups excluding carboxylic acids is 1. The minimum Gasteiger partial charge on any atom is -0.355 e. The first-order valence-electron chi connectivity index (χ1n) is 4.93. The number of hydrogen-bond acceptors (Lipinski definition) is 2. The zero-order valence-electron chi connectivity index (χ0n) is 8.82. The molecule has 0 aliphatic heterocycles. The molecule has 4 heteroatoms. The molecule has 4 nitrogen and oxygen atoms in total. The highest BCUT2D eigenvalue weighted by atomic mass is 16.1. The van der Waals surface area contributed by atoms with Crippen LogP contribution in [-0.4, -0.2) is 22.5 Å². The highest BCUT2D eigenvalue weighted by Crippen LogP contribution is 2.14. The maximum Gasteiger partial charge on any atom is 0.251 e. The normalized spacial score (nSPS) is 10.5. The number of aromatic nitrogens is 2. The molecule has 1 amide bonds. The van der Waals surface area contributed by atoms with E-state index in [-0.39, 0.29) is 5.91 Å². The monoisotopic (exact) mass is 203 g/mol. The number of aryl methyl sites for hydroxylation is 1. The van der Waals surface area contributed by atoms with Crippen molar-refractivity contribution < 1.29 is 4.79 Å². The number of rotatable bonds is 2. The Morgan fingerprint density at radius 3 is 3.00 bits per heavy atom. The predicted octanol–water partition coefficient (Wildman–Crippen LogP) is 1.42. The predicted molar refractivity (Wildman–Crippen MR) is 58.8 cm³/mol. The Morgan fingerprint density at radius 2 is 2.33 bits per heavy atom. The van der Waals surface area contributed by atoms with Gasteiger partial charge in [-0.3, -0.25) is 4.79 Å². The molecule has 1 aromatic carbocycles. The minimum atomic E-state index is -0.0806. The van der Waals surface area contributed by atoms with Crippen molar-refractivity contribution in [3.63, 3.8) is 0 Å². The van der Waals surface area contributed by atoms with Crippen LogP contribution in [0.2, 0.25) is 0 Å². The second kappa shape index (κ2) is 3.73. The van der Waals surface area contributed by atoms with E-state index >= 15 is 0 Å². The van der Waals surface area contributed by atoms with Crippen LogP contribution in [0.4, 0.5) is 0 Å². The van der Waals surface area contributed by atoms with Gasteiger partial charge in [-0.05, 0) is 25.1 Å². The molecule has 1 aromatic heterocycles. The molecule has 0 saturated carbocycles. The maximum absolute atomic E-state index is 11.4. The summed E-state index contributed by atoms with van der Waals surface area (Å²) in [6.07, 6.45) is 1.79. The Balaban J connectivity index is 2.53. The number of carbonyl (C=O) groups is 1. The summed E-state index contributed by atoms with van der Waals surface area (Å²) in [5.74, 6) is -0.0806. The van der Waals surface area contributed by atoms with Crippen molar-refractivity contribution in [3.8, 4) is 0 Å². The fourth-order valence-electron chi connectivity index (χ4n) is 1.60. The Kier molecular flexibility index (Phi) is 2.41. The van der Waals surface area contributed by atoms with Crippen molar-refractivity contribution in [2.75, 3.05) is 7.05 Å². The van der Waals surface area contributed by atoms with Crippen molar-refractivity contribution in [1.82, 2.24) is 14.9 Å². The molecule has 0 fully saturated rings. The number of nitrogens with one attached hydrogen (secondary N) is 1. The van der Waals surface area contributed by atoms with Gasteiger partial charge in [-0.25, -0.2) is 4.98 Å². The van der Waals surface area contributed by atoms with Gasteiger partial charge in [0.15, 0.2) is 0 Å². The van der Waals surface area contributed by atoms with E-state index in [4.69, 9.17) is 0 Å². The van der Waals surface area contributed by atoms with Gasteiger partial charge in [-0.15, -0.1) is 0 Å². The quantitative estimate of drug-likeness (QED) is 0.802. The van der Waals surface area contributed by atoms with Crippen LogP contribution in [-0.2, 0) is 6.54 Å². The summed E-state index contributed by atoms with van der Waals surface area (Å²) in [5.41, 5.74) is 2.56. The molecule has 0 bridgehead atoms. The SMILES string of the molecule is CCn1cnc2cc(C(=O)NC)ccc21. The van der Waals surface area contributed by atoms with Crippen molar-refractivity contribution in [2.24, 2.45) is 0 Å². The topological polar surface area (TPSA) is 46.9 Å². The van der Waals surface area contributed by atoms with E-state index in [1.165, 1.54) is 0 Å². The van der Waals surface area contributed by atoms with Crippen LogP contribution in [0.25, 0.3) is 11.0 Å². The number of benzene rings is 1. The maximum atomic E-state index is 11.4. The van der Waals surface area contributed by atoms with E-state index in [9.17, 15) is 4.79 Å². The van der Waals surface area contributed by atoms with Crippen LogP contribution in [0, 0.1) is 0 Å². The summed E-state index contributed by atoms with van der Waals surface area (Å²) in [5, 5.41) is 2.59. The summed E-state index contributed by atoms with van der Waals surface area (Å²) < 4.78 is 2.04. The third-order valence-electron chi connectivity index (χ3n) is 2.45. The lowest BCUT2D eigenvalue weighted by molar-refractivity contribution is 0.0963. The van der Waals surface area contributed by atoms with Crippen molar-refractivity contribution in [3.05, 3.63) is 30.1 Å². The minimum absolute atomic E-state index is 0.0806. The molecule has 1 N–H and O–H groups in total. The number of amides is 1. The fourth-order valence-corrected chi connectivity index (χ4v) is 1.60. The molecule has 2 rings (SSSR count). The molecule has 0 unspecified atom stereocenters. The number of hydrogen-bond donors (Lipinski definition) is 1. The third-order valence-corrected chi connectivity index (χ3v) is 2.45. The third kappa shape index (κ3) is 1.58. The molecule has 0 atom stereocenters. The smallest absolute Gasteiger partial charge is 0.251 e. The number of fused-ring (bicyclic) bond motifs is 1. The molecular formula is C11H13N3O. The molecule has 0 aliphatic rings. The van der Waals surface area contributed by atoms with Gasteiger partial charge in [0.2, 0.25) is 0 Å². The van der Waals surface area contributed by atoms with Crippen molar-refractivity contribution in [2.45, 2.75) is 13.5 Å². The second-order valence-corrected chi connectivity index (χ2v) is 3.31. The fraction of sp³-hybridized carbons (Fsp3) is 0.273. The lowest BCUT2D eigenvalue weighted by Gasteiger charge is -2.01. The molecule has 15 heavy (non-hydrogen) atoms.